The van der Waals surface area contributed by atoms with Gasteiger partial charge in [0.1, 0.15) is 0 Å². The molecule has 0 amide bonds. The Morgan fingerprint density at radius 1 is 1.11 bits per heavy atom. The number of benzene rings is 1. The molecule has 0 N–H and O–H groups in total. The lowest BCUT2D eigenvalue weighted by atomic mass is 9.85. The van der Waals surface area contributed by atoms with Crippen molar-refractivity contribution in [2.24, 2.45) is 5.92 Å². The summed E-state index contributed by atoms with van der Waals surface area (Å²) >= 11 is 0. The van der Waals surface area contributed by atoms with E-state index in [-0.39, 0.29) is 0 Å². The van der Waals surface area contributed by atoms with E-state index in [1.807, 2.05) is 30.3 Å². The van der Waals surface area contributed by atoms with E-state index >= 15 is 0 Å². The summed E-state index contributed by atoms with van der Waals surface area (Å²) in [5.74, 6) is 1.21. The predicted octanol–water partition coefficient (Wildman–Crippen LogP) is 3.52. The highest BCUT2D eigenvalue weighted by Crippen LogP contribution is 2.36. The Hall–Kier alpha value is -1.15. The van der Waals surface area contributed by atoms with Crippen molar-refractivity contribution >= 4 is 5.78 Å². The van der Waals surface area contributed by atoms with Gasteiger partial charge in [0.2, 0.25) is 0 Å². The second-order valence-electron chi connectivity index (χ2n) is 5.98. The summed E-state index contributed by atoms with van der Waals surface area (Å²) in [5.41, 5.74) is 0.863. The molecule has 3 rings (SSSR count). The monoisotopic (exact) mass is 257 g/mol. The van der Waals surface area contributed by atoms with Crippen molar-refractivity contribution < 1.29 is 4.79 Å². The molecule has 1 heterocycles. The van der Waals surface area contributed by atoms with Gasteiger partial charge < -0.3 is 0 Å². The van der Waals surface area contributed by atoms with Gasteiger partial charge in [-0.2, -0.15) is 0 Å². The average molecular weight is 257 g/mol. The number of ketones is 1. The number of hydrogen-bond donors (Lipinski definition) is 0. The summed E-state index contributed by atoms with van der Waals surface area (Å²) in [4.78, 5) is 14.7. The first-order valence-electron chi connectivity index (χ1n) is 7.67. The molecule has 2 aliphatic rings. The Morgan fingerprint density at radius 3 is 2.74 bits per heavy atom. The highest BCUT2D eigenvalue weighted by Gasteiger charge is 2.35. The normalized spacial score (nSPS) is 27.2. The zero-order valence-electron chi connectivity index (χ0n) is 11.6. The predicted molar refractivity (Wildman–Crippen MR) is 77.3 cm³/mol. The summed E-state index contributed by atoms with van der Waals surface area (Å²) < 4.78 is 0. The van der Waals surface area contributed by atoms with Gasteiger partial charge in [-0.3, -0.25) is 9.69 Å². The van der Waals surface area contributed by atoms with Gasteiger partial charge in [0.05, 0.1) is 0 Å². The molecule has 2 heteroatoms. The van der Waals surface area contributed by atoms with Gasteiger partial charge in [-0.15, -0.1) is 0 Å². The van der Waals surface area contributed by atoms with Crippen LogP contribution in [0, 0.1) is 5.92 Å². The van der Waals surface area contributed by atoms with Crippen molar-refractivity contribution in [2.75, 3.05) is 13.1 Å². The SMILES string of the molecule is O=C(CCN1CCC2CCCCC21)c1ccccc1. The number of carbonyl (C=O) groups is 1. The largest absolute Gasteiger partial charge is 0.300 e. The van der Waals surface area contributed by atoms with Gasteiger partial charge in [0.25, 0.3) is 0 Å². The fraction of sp³-hybridized carbons (Fsp3) is 0.588. The standard InChI is InChI=1S/C17H23NO/c19-17(15-7-2-1-3-8-15)11-13-18-12-10-14-6-4-5-9-16(14)18/h1-3,7-8,14,16H,4-6,9-13H2. The summed E-state index contributed by atoms with van der Waals surface area (Å²) in [6.45, 7) is 2.16. The lowest BCUT2D eigenvalue weighted by Gasteiger charge is -2.31. The fourth-order valence-corrected chi connectivity index (χ4v) is 3.79. The highest BCUT2D eigenvalue weighted by atomic mass is 16.1. The van der Waals surface area contributed by atoms with E-state index in [1.54, 1.807) is 0 Å². The Kier molecular flexibility index (Phi) is 3.97. The van der Waals surface area contributed by atoms with Crippen molar-refractivity contribution in [3.05, 3.63) is 35.9 Å². The number of likely N-dealkylation sites (tertiary alicyclic amines) is 1. The van der Waals surface area contributed by atoms with Gasteiger partial charge in [0, 0.05) is 24.6 Å². The van der Waals surface area contributed by atoms with Crippen molar-refractivity contribution in [3.8, 4) is 0 Å². The first-order valence-corrected chi connectivity index (χ1v) is 7.67. The Morgan fingerprint density at radius 2 is 1.89 bits per heavy atom. The summed E-state index contributed by atoms with van der Waals surface area (Å²) in [6.07, 6.45) is 7.58. The molecule has 1 saturated carbocycles. The van der Waals surface area contributed by atoms with Crippen LogP contribution in [0.4, 0.5) is 0 Å². The molecule has 2 fully saturated rings. The molecular weight excluding hydrogens is 234 g/mol. The molecule has 2 unspecified atom stereocenters. The van der Waals surface area contributed by atoms with Gasteiger partial charge in [0.15, 0.2) is 5.78 Å². The molecule has 0 radical (unpaired) electrons. The van der Waals surface area contributed by atoms with Gasteiger partial charge in [-0.25, -0.2) is 0 Å². The fourth-order valence-electron chi connectivity index (χ4n) is 3.79. The van der Waals surface area contributed by atoms with Crippen molar-refractivity contribution in [1.82, 2.24) is 4.90 Å². The molecule has 19 heavy (non-hydrogen) atoms. The van der Waals surface area contributed by atoms with Crippen LogP contribution in [0.25, 0.3) is 0 Å². The zero-order valence-corrected chi connectivity index (χ0v) is 11.6. The van der Waals surface area contributed by atoms with Gasteiger partial charge in [-0.1, -0.05) is 43.2 Å². The first kappa shape index (κ1) is 12.9. The van der Waals surface area contributed by atoms with E-state index in [0.29, 0.717) is 12.2 Å². The second-order valence-corrected chi connectivity index (χ2v) is 5.98. The number of carbonyl (C=O) groups excluding carboxylic acids is 1. The van der Waals surface area contributed by atoms with Crippen LogP contribution in [0.2, 0.25) is 0 Å². The minimum absolute atomic E-state index is 0.292. The number of nitrogens with zero attached hydrogens (tertiary/aromatic N) is 1. The maximum atomic E-state index is 12.1. The molecule has 2 nitrogen and oxygen atoms in total. The zero-order chi connectivity index (χ0) is 13.1. The molecule has 1 aromatic rings. The first-order chi connectivity index (χ1) is 9.34. The summed E-state index contributed by atoms with van der Waals surface area (Å²) in [6, 6.07) is 10.5. The van der Waals surface area contributed by atoms with Crippen molar-refractivity contribution in [3.63, 3.8) is 0 Å². The molecule has 1 aliphatic heterocycles. The maximum Gasteiger partial charge on any atom is 0.164 e. The third-order valence-electron chi connectivity index (χ3n) is 4.85. The van der Waals surface area contributed by atoms with E-state index in [4.69, 9.17) is 0 Å². The van der Waals surface area contributed by atoms with E-state index in [0.717, 1.165) is 24.1 Å². The third kappa shape index (κ3) is 2.89. The van der Waals surface area contributed by atoms with Crippen LogP contribution in [0.1, 0.15) is 48.9 Å². The van der Waals surface area contributed by atoms with Gasteiger partial charge in [-0.05, 0) is 31.7 Å². The lowest BCUT2D eigenvalue weighted by Crippen LogP contribution is -2.36. The third-order valence-corrected chi connectivity index (χ3v) is 4.85. The molecule has 0 bridgehead atoms. The Balaban J connectivity index is 1.54. The van der Waals surface area contributed by atoms with Crippen LogP contribution in [0.15, 0.2) is 30.3 Å². The molecule has 2 atom stereocenters. The lowest BCUT2D eigenvalue weighted by molar-refractivity contribution is 0.0951. The number of fused-ring (bicyclic) bond motifs is 1. The van der Waals surface area contributed by atoms with Crippen molar-refractivity contribution in [1.29, 1.82) is 0 Å². The van der Waals surface area contributed by atoms with Crippen LogP contribution in [0.3, 0.4) is 0 Å². The number of hydrogen-bond acceptors (Lipinski definition) is 2. The number of rotatable bonds is 4. The Bertz CT molecular complexity index is 428. The smallest absolute Gasteiger partial charge is 0.164 e. The van der Waals surface area contributed by atoms with E-state index in [9.17, 15) is 4.79 Å². The van der Waals surface area contributed by atoms with E-state index in [1.165, 1.54) is 38.6 Å². The van der Waals surface area contributed by atoms with Crippen LogP contribution in [0.5, 0.6) is 0 Å². The van der Waals surface area contributed by atoms with Crippen LogP contribution < -0.4 is 0 Å². The Labute approximate surface area is 115 Å². The van der Waals surface area contributed by atoms with Crippen molar-refractivity contribution in [2.45, 2.75) is 44.6 Å². The molecule has 0 spiro atoms. The molecule has 102 valence electrons. The molecular formula is C17H23NO. The highest BCUT2D eigenvalue weighted by molar-refractivity contribution is 5.96. The average Bonchev–Trinajstić information content (AvgIpc) is 2.89. The van der Waals surface area contributed by atoms with Crippen LogP contribution in [-0.2, 0) is 0 Å². The van der Waals surface area contributed by atoms with Gasteiger partial charge >= 0.3 is 0 Å². The topological polar surface area (TPSA) is 20.3 Å². The molecule has 1 saturated heterocycles. The molecule has 1 aromatic carbocycles. The molecule has 0 aromatic heterocycles. The molecule has 1 aliphatic carbocycles. The minimum atomic E-state index is 0.292. The van der Waals surface area contributed by atoms with Crippen LogP contribution >= 0.6 is 0 Å². The minimum Gasteiger partial charge on any atom is -0.300 e. The second kappa shape index (κ2) is 5.87. The summed E-state index contributed by atoms with van der Waals surface area (Å²) in [7, 11) is 0. The van der Waals surface area contributed by atoms with E-state index in [2.05, 4.69) is 4.90 Å². The van der Waals surface area contributed by atoms with Crippen LogP contribution in [-0.4, -0.2) is 29.8 Å². The van der Waals surface area contributed by atoms with E-state index < -0.39 is 0 Å². The summed E-state index contributed by atoms with van der Waals surface area (Å²) in [5, 5.41) is 0. The quantitative estimate of drug-likeness (QED) is 0.769. The number of Topliss-reactive ketones (excluding diaryl/α,β-unsaturated/α-hetero) is 1. The maximum absolute atomic E-state index is 12.1.